The molecule has 1 heterocycles. The van der Waals surface area contributed by atoms with Crippen molar-refractivity contribution in [1.82, 2.24) is 9.55 Å². The molecule has 0 bridgehead atoms. The van der Waals surface area contributed by atoms with E-state index in [1.165, 1.54) is 0 Å². The molecule has 5 heteroatoms. The van der Waals surface area contributed by atoms with Gasteiger partial charge in [-0.2, -0.15) is 0 Å². The first-order valence-corrected chi connectivity index (χ1v) is 8.24. The monoisotopic (exact) mass is 313 g/mol. The molecule has 0 unspecified atom stereocenters. The van der Waals surface area contributed by atoms with Crippen molar-refractivity contribution in [3.05, 3.63) is 48.8 Å². The van der Waals surface area contributed by atoms with Crippen LogP contribution in [0, 0.1) is 5.92 Å². The van der Waals surface area contributed by atoms with Gasteiger partial charge in [0.2, 0.25) is 5.91 Å². The zero-order valence-corrected chi connectivity index (χ0v) is 13.3. The number of nitrogens with one attached hydrogen (secondary N) is 1. The second-order valence-corrected chi connectivity index (χ2v) is 6.51. The van der Waals surface area contributed by atoms with Crippen LogP contribution < -0.4 is 5.32 Å². The summed E-state index contributed by atoms with van der Waals surface area (Å²) in [6.45, 7) is 0. The van der Waals surface area contributed by atoms with E-state index in [9.17, 15) is 4.79 Å². The molecule has 1 aliphatic carbocycles. The molecule has 0 aliphatic heterocycles. The highest BCUT2D eigenvalue weighted by molar-refractivity contribution is 7.99. The number of aromatic nitrogens is 2. The van der Waals surface area contributed by atoms with Crippen LogP contribution in [0.5, 0.6) is 0 Å². The largest absolute Gasteiger partial charge is 0.329 e. The lowest BCUT2D eigenvalue weighted by molar-refractivity contribution is -0.116. The number of hydrogen-bond acceptors (Lipinski definition) is 3. The molecule has 0 fully saturated rings. The van der Waals surface area contributed by atoms with Crippen LogP contribution in [0.1, 0.15) is 19.3 Å². The van der Waals surface area contributed by atoms with Crippen molar-refractivity contribution in [2.45, 2.75) is 29.3 Å². The highest BCUT2D eigenvalue weighted by Gasteiger charge is 2.14. The molecule has 4 nitrogen and oxygen atoms in total. The first-order valence-electron chi connectivity index (χ1n) is 7.42. The van der Waals surface area contributed by atoms with Gasteiger partial charge in [-0.1, -0.05) is 23.9 Å². The molecule has 0 saturated heterocycles. The highest BCUT2D eigenvalue weighted by Crippen LogP contribution is 2.27. The summed E-state index contributed by atoms with van der Waals surface area (Å²) in [5.74, 6) is 0.485. The zero-order chi connectivity index (χ0) is 15.4. The Morgan fingerprint density at radius 1 is 1.41 bits per heavy atom. The van der Waals surface area contributed by atoms with Crippen LogP contribution in [0.3, 0.4) is 0 Å². The Hall–Kier alpha value is -2.01. The molecule has 0 saturated carbocycles. The van der Waals surface area contributed by atoms with Gasteiger partial charge in [-0.25, -0.2) is 4.98 Å². The number of anilines is 1. The third-order valence-corrected chi connectivity index (χ3v) is 4.77. The summed E-state index contributed by atoms with van der Waals surface area (Å²) in [6, 6.07) is 7.89. The topological polar surface area (TPSA) is 46.9 Å². The minimum atomic E-state index is 0.0843. The quantitative estimate of drug-likeness (QED) is 0.853. The summed E-state index contributed by atoms with van der Waals surface area (Å²) in [5, 5.41) is 3.91. The van der Waals surface area contributed by atoms with E-state index in [0.29, 0.717) is 12.3 Å². The number of carbonyl (C=O) groups excluding carboxylic acids is 1. The maximum atomic E-state index is 12.0. The SMILES string of the molecule is Cn1ccnc1Sc1ccc(NC(=O)C[C@H]2C=CCC2)cc1. The number of nitrogens with zero attached hydrogens (tertiary/aromatic N) is 2. The molecule has 0 radical (unpaired) electrons. The van der Waals surface area contributed by atoms with E-state index in [4.69, 9.17) is 0 Å². The highest BCUT2D eigenvalue weighted by atomic mass is 32.2. The average Bonchev–Trinajstić information content (AvgIpc) is 3.14. The standard InChI is InChI=1S/C17H19N3OS/c1-20-11-10-18-17(20)22-15-8-6-14(7-9-15)19-16(21)12-13-4-2-3-5-13/h2,4,6-11,13H,3,5,12H2,1H3,(H,19,21)/t13-/m0/s1. The van der Waals surface area contributed by atoms with Crippen molar-refractivity contribution in [3.63, 3.8) is 0 Å². The number of benzene rings is 1. The first kappa shape index (κ1) is 14.9. The Morgan fingerprint density at radius 2 is 2.23 bits per heavy atom. The number of imidazole rings is 1. The predicted octanol–water partition coefficient (Wildman–Crippen LogP) is 3.87. The summed E-state index contributed by atoms with van der Waals surface area (Å²) in [4.78, 5) is 17.4. The van der Waals surface area contributed by atoms with Crippen LogP contribution in [-0.4, -0.2) is 15.5 Å². The Kier molecular flexibility index (Phi) is 4.63. The van der Waals surface area contributed by atoms with E-state index in [2.05, 4.69) is 22.5 Å². The third-order valence-electron chi connectivity index (χ3n) is 3.68. The summed E-state index contributed by atoms with van der Waals surface area (Å²) in [7, 11) is 1.97. The van der Waals surface area contributed by atoms with Crippen LogP contribution in [0.25, 0.3) is 0 Å². The van der Waals surface area contributed by atoms with Crippen molar-refractivity contribution in [3.8, 4) is 0 Å². The van der Waals surface area contributed by atoms with E-state index in [0.717, 1.165) is 28.6 Å². The van der Waals surface area contributed by atoms with Crippen LogP contribution in [0.4, 0.5) is 5.69 Å². The van der Waals surface area contributed by atoms with Gasteiger partial charge in [0.15, 0.2) is 5.16 Å². The molecular weight excluding hydrogens is 294 g/mol. The van der Waals surface area contributed by atoms with Gasteiger partial charge in [0.05, 0.1) is 0 Å². The number of amides is 1. The lowest BCUT2D eigenvalue weighted by atomic mass is 10.1. The molecule has 114 valence electrons. The van der Waals surface area contributed by atoms with Gasteiger partial charge in [-0.3, -0.25) is 4.79 Å². The molecule has 2 aromatic rings. The Balaban J connectivity index is 1.56. The molecule has 3 rings (SSSR count). The van der Waals surface area contributed by atoms with E-state index in [-0.39, 0.29) is 5.91 Å². The van der Waals surface area contributed by atoms with Gasteiger partial charge in [0.1, 0.15) is 0 Å². The van der Waals surface area contributed by atoms with Crippen molar-refractivity contribution in [2.24, 2.45) is 13.0 Å². The van der Waals surface area contributed by atoms with Gasteiger partial charge >= 0.3 is 0 Å². The Bertz CT molecular complexity index is 675. The number of aryl methyl sites for hydroxylation is 1. The molecule has 1 aliphatic rings. The molecule has 1 N–H and O–H groups in total. The van der Waals surface area contributed by atoms with Crippen LogP contribution in [0.15, 0.2) is 58.9 Å². The van der Waals surface area contributed by atoms with Crippen LogP contribution >= 0.6 is 11.8 Å². The fraction of sp³-hybridized carbons (Fsp3) is 0.294. The number of rotatable bonds is 5. The second kappa shape index (κ2) is 6.83. The van der Waals surface area contributed by atoms with E-state index in [1.54, 1.807) is 18.0 Å². The molecule has 1 aromatic carbocycles. The summed E-state index contributed by atoms with van der Waals surface area (Å²) >= 11 is 1.60. The van der Waals surface area contributed by atoms with Gasteiger partial charge in [0, 0.05) is 36.4 Å². The molecule has 0 spiro atoms. The van der Waals surface area contributed by atoms with Gasteiger partial charge in [-0.05, 0) is 43.0 Å². The number of allylic oxidation sites excluding steroid dienone is 2. The first-order chi connectivity index (χ1) is 10.7. The Labute approximate surface area is 134 Å². The smallest absolute Gasteiger partial charge is 0.224 e. The summed E-state index contributed by atoms with van der Waals surface area (Å²) in [5.41, 5.74) is 0.844. The maximum absolute atomic E-state index is 12.0. The van der Waals surface area contributed by atoms with Crippen molar-refractivity contribution >= 4 is 23.4 Å². The van der Waals surface area contributed by atoms with Crippen molar-refractivity contribution < 1.29 is 4.79 Å². The minimum Gasteiger partial charge on any atom is -0.329 e. The molecular formula is C17H19N3OS. The van der Waals surface area contributed by atoms with Crippen LogP contribution in [-0.2, 0) is 11.8 Å². The van der Waals surface area contributed by atoms with Gasteiger partial charge < -0.3 is 9.88 Å². The van der Waals surface area contributed by atoms with E-state index < -0.39 is 0 Å². The molecule has 1 amide bonds. The lowest BCUT2D eigenvalue weighted by Gasteiger charge is -2.09. The molecule has 22 heavy (non-hydrogen) atoms. The Morgan fingerprint density at radius 3 is 2.86 bits per heavy atom. The van der Waals surface area contributed by atoms with Gasteiger partial charge in [-0.15, -0.1) is 0 Å². The van der Waals surface area contributed by atoms with Gasteiger partial charge in [0.25, 0.3) is 0 Å². The van der Waals surface area contributed by atoms with E-state index in [1.807, 2.05) is 42.1 Å². The normalized spacial score (nSPS) is 16.9. The fourth-order valence-corrected chi connectivity index (χ4v) is 3.28. The predicted molar refractivity (Wildman–Crippen MR) is 88.9 cm³/mol. The number of carbonyl (C=O) groups is 1. The average molecular weight is 313 g/mol. The second-order valence-electron chi connectivity index (χ2n) is 5.47. The lowest BCUT2D eigenvalue weighted by Crippen LogP contribution is -2.14. The van der Waals surface area contributed by atoms with E-state index >= 15 is 0 Å². The fourth-order valence-electron chi connectivity index (χ4n) is 2.48. The summed E-state index contributed by atoms with van der Waals surface area (Å²) in [6.07, 6.45) is 10.8. The maximum Gasteiger partial charge on any atom is 0.224 e. The summed E-state index contributed by atoms with van der Waals surface area (Å²) < 4.78 is 1.98. The molecule has 1 aromatic heterocycles. The minimum absolute atomic E-state index is 0.0843. The molecule has 1 atom stereocenters. The van der Waals surface area contributed by atoms with Crippen LogP contribution in [0.2, 0.25) is 0 Å². The third kappa shape index (κ3) is 3.80. The van der Waals surface area contributed by atoms with Crippen molar-refractivity contribution in [2.75, 3.05) is 5.32 Å². The van der Waals surface area contributed by atoms with Crippen molar-refractivity contribution in [1.29, 1.82) is 0 Å². The zero-order valence-electron chi connectivity index (χ0n) is 12.5. The number of hydrogen-bond donors (Lipinski definition) is 1.